The van der Waals surface area contributed by atoms with Crippen LogP contribution in [0, 0.1) is 12.7 Å². The molecule has 1 saturated heterocycles. The highest BCUT2D eigenvalue weighted by Gasteiger charge is 2.47. The molecule has 0 bridgehead atoms. The van der Waals surface area contributed by atoms with Gasteiger partial charge in [-0.2, -0.15) is 0 Å². The maximum atomic E-state index is 15.4. The van der Waals surface area contributed by atoms with Crippen molar-refractivity contribution in [3.8, 4) is 22.5 Å². The monoisotopic (exact) mass is 1400 g/mol. The molecule has 0 spiro atoms. The summed E-state index contributed by atoms with van der Waals surface area (Å²) in [5.41, 5.74) is 5.34. The van der Waals surface area contributed by atoms with Crippen LogP contribution in [0.25, 0.3) is 33.4 Å². The number of esters is 1. The van der Waals surface area contributed by atoms with Gasteiger partial charge in [0.2, 0.25) is 35.4 Å². The van der Waals surface area contributed by atoms with Gasteiger partial charge in [-0.1, -0.05) is 85.8 Å². The minimum atomic E-state index is -2.07. The number of nitrogens with one attached hydrogen (secondary N) is 8. The van der Waals surface area contributed by atoms with Crippen molar-refractivity contribution in [2.24, 2.45) is 0 Å². The molecule has 4 aromatic carbocycles. The molecule has 101 heavy (non-hydrogen) atoms. The Bertz CT molecular complexity index is 4230. The zero-order valence-corrected chi connectivity index (χ0v) is 55.0. The first-order valence-electron chi connectivity index (χ1n) is 33.0. The smallest absolute Gasteiger partial charge is 0.407 e. The molecule has 31 heteroatoms. The number of halogens is 1. The van der Waals surface area contributed by atoms with E-state index in [1.165, 1.54) is 10.6 Å². The molecule has 5 aliphatic rings. The molecular weight excluding hydrogens is 1320 g/mol. The fraction of sp³-hybridized carbons (Fsp3) is 0.414. The van der Waals surface area contributed by atoms with Crippen LogP contribution in [0.15, 0.2) is 95.8 Å². The lowest BCUT2D eigenvalue weighted by atomic mass is 9.81. The number of hydrogen-bond acceptors (Lipinski definition) is 21. The van der Waals surface area contributed by atoms with Crippen molar-refractivity contribution in [1.82, 2.24) is 52.1 Å². The topological polar surface area (TPSA) is 432 Å². The van der Waals surface area contributed by atoms with Crippen LogP contribution in [0.1, 0.15) is 94.6 Å². The van der Waals surface area contributed by atoms with Crippen molar-refractivity contribution >= 4 is 64.5 Å². The molecule has 2 aliphatic carbocycles. The molecule has 0 unspecified atom stereocenters. The predicted molar refractivity (Wildman–Crippen MR) is 353 cm³/mol. The van der Waals surface area contributed by atoms with Crippen LogP contribution in [0.4, 0.5) is 14.0 Å². The van der Waals surface area contributed by atoms with Gasteiger partial charge in [0.15, 0.2) is 5.60 Å². The summed E-state index contributed by atoms with van der Waals surface area (Å²) >= 11 is 0. The van der Waals surface area contributed by atoms with E-state index in [2.05, 4.69) is 42.5 Å². The first-order valence-corrected chi connectivity index (χ1v) is 33.0. The van der Waals surface area contributed by atoms with Crippen LogP contribution >= 0.6 is 0 Å². The van der Waals surface area contributed by atoms with Gasteiger partial charge in [0.05, 0.1) is 67.9 Å². The van der Waals surface area contributed by atoms with Gasteiger partial charge in [-0.15, -0.1) is 0 Å². The average Bonchev–Trinajstić information content (AvgIpc) is 1.60. The Morgan fingerprint density at radius 2 is 1.40 bits per heavy atom. The van der Waals surface area contributed by atoms with Crippen LogP contribution in [0.3, 0.4) is 0 Å². The summed E-state index contributed by atoms with van der Waals surface area (Å²) in [4.78, 5) is 138. The molecule has 0 radical (unpaired) electrons. The van der Waals surface area contributed by atoms with E-state index in [4.69, 9.17) is 28.7 Å². The van der Waals surface area contributed by atoms with Crippen molar-refractivity contribution in [2.45, 2.75) is 126 Å². The third kappa shape index (κ3) is 15.7. The van der Waals surface area contributed by atoms with Gasteiger partial charge in [-0.25, -0.2) is 23.8 Å². The van der Waals surface area contributed by atoms with Crippen molar-refractivity contribution in [2.75, 3.05) is 59.3 Å². The van der Waals surface area contributed by atoms with Gasteiger partial charge in [-0.05, 0) is 83.2 Å². The number of aliphatic hydroxyl groups excluding tert-OH is 4. The Hall–Kier alpha value is -10.3. The van der Waals surface area contributed by atoms with Crippen molar-refractivity contribution < 1.29 is 96.8 Å². The zero-order valence-electron chi connectivity index (χ0n) is 55.0. The number of benzene rings is 4. The molecule has 13 N–H and O–H groups in total. The van der Waals surface area contributed by atoms with Crippen molar-refractivity contribution in [3.63, 3.8) is 0 Å². The maximum absolute atomic E-state index is 15.4. The number of cyclic esters (lactones) is 1. The summed E-state index contributed by atoms with van der Waals surface area (Å²) in [6, 6.07) is 23.2. The number of aromatic nitrogens is 2. The molecule has 1 fully saturated rings. The highest BCUT2D eigenvalue weighted by Crippen LogP contribution is 2.47. The van der Waals surface area contributed by atoms with Crippen LogP contribution in [-0.2, 0) is 88.8 Å². The third-order valence-electron chi connectivity index (χ3n) is 18.8. The van der Waals surface area contributed by atoms with Gasteiger partial charge in [0.1, 0.15) is 75.0 Å². The van der Waals surface area contributed by atoms with Gasteiger partial charge < -0.3 is 96.3 Å². The predicted octanol–water partition coefficient (Wildman–Crippen LogP) is 0.0531. The number of carbonyl (C=O) groups is 9. The van der Waals surface area contributed by atoms with E-state index in [1.54, 1.807) is 50.2 Å². The largest absolute Gasteiger partial charge is 0.458 e. The number of aliphatic hydroxyl groups is 5. The lowest BCUT2D eigenvalue weighted by Crippen LogP contribution is -2.60. The van der Waals surface area contributed by atoms with E-state index in [9.17, 15) is 73.5 Å². The number of hydrogen-bond donors (Lipinski definition) is 13. The lowest BCUT2D eigenvalue weighted by molar-refractivity contribution is -0.227. The SMILES string of the molecule is CC[C@@]1(O)C(=O)OCc2c1cc1n(c2=O)Cc2c-1nc1cc(F)c(C)c3c1c2[C@@H](NC(=O)OCCOCNC(=O)CNC(=O)[C@H](Cc1ccccc1)NC(=O)CNC(=O)CNC(=O)[C@H](CCC(=O)NC[C@@H]1O[C@H](CO)[C@@H](O)[C@H](O)[C@H]1O)NC(=O)OCC1c2ccccc2-c2ccccc21)CC3. The number of carbonyl (C=O) groups excluding carboxylic acids is 9. The number of ether oxygens (including phenoxy) is 5. The Morgan fingerprint density at radius 1 is 0.733 bits per heavy atom. The summed E-state index contributed by atoms with van der Waals surface area (Å²) in [5, 5.41) is 72.5. The van der Waals surface area contributed by atoms with Crippen LogP contribution in [0.2, 0.25) is 0 Å². The molecule has 9 atom stereocenters. The second kappa shape index (κ2) is 31.5. The number of nitrogens with zero attached hydrogens (tertiary/aromatic N) is 2. The molecule has 0 saturated carbocycles. The number of alkyl carbamates (subject to hydrolysis) is 2. The first kappa shape index (κ1) is 72.0. The Kier molecular flexibility index (Phi) is 22.5. The van der Waals surface area contributed by atoms with E-state index in [0.29, 0.717) is 57.4 Å². The number of amides is 8. The first-order chi connectivity index (χ1) is 48.6. The minimum Gasteiger partial charge on any atom is -0.458 e. The Morgan fingerprint density at radius 3 is 2.10 bits per heavy atom. The minimum absolute atomic E-state index is 0.0277. The Balaban J connectivity index is 0.634. The van der Waals surface area contributed by atoms with Crippen molar-refractivity contribution in [1.29, 1.82) is 0 Å². The molecule has 11 rings (SSSR count). The van der Waals surface area contributed by atoms with E-state index < -0.39 is 152 Å². The normalized spacial score (nSPS) is 20.4. The van der Waals surface area contributed by atoms with E-state index in [1.807, 2.05) is 48.5 Å². The third-order valence-corrected chi connectivity index (χ3v) is 18.8. The second-order valence-electron chi connectivity index (χ2n) is 25.1. The summed E-state index contributed by atoms with van der Waals surface area (Å²) in [5.74, 6) is -6.51. The van der Waals surface area contributed by atoms with Gasteiger partial charge in [-0.3, -0.25) is 33.6 Å². The summed E-state index contributed by atoms with van der Waals surface area (Å²) < 4.78 is 44.2. The van der Waals surface area contributed by atoms with E-state index >= 15 is 4.39 Å². The molecule has 8 amide bonds. The Labute approximate surface area is 576 Å². The number of rotatable bonds is 27. The fourth-order valence-electron chi connectivity index (χ4n) is 13.4. The highest BCUT2D eigenvalue weighted by atomic mass is 19.1. The number of aryl methyl sites for hydroxylation is 1. The molecule has 3 aliphatic heterocycles. The maximum Gasteiger partial charge on any atom is 0.407 e. The highest BCUT2D eigenvalue weighted by molar-refractivity contribution is 5.96. The quantitative estimate of drug-likeness (QED) is 0.0140. The summed E-state index contributed by atoms with van der Waals surface area (Å²) in [6.07, 6.45) is -9.44. The average molecular weight is 1400 g/mol. The molecule has 2 aromatic heterocycles. The summed E-state index contributed by atoms with van der Waals surface area (Å²) in [7, 11) is 0. The standard InChI is InChI=1S/C70H77FN10O20/c1-3-70(96)45-24-51-60-42(30-81(51)66(92)44(45)33-99-67(70)93)59-47(18-17-37-35(2)46(71)25-49(78-60)58(37)59)79-68(94)98-22-21-97-34-76-56(85)28-75-65(91)50(23-36-11-5-4-6-12-36)77-57(86)29-73-55(84)27-74-64(90)48(19-20-54(83)72-26-52-61(87)63(89)62(88)53(31-82)101-52)80-69(95)100-32-43-40-15-9-7-13-38(40)39-14-8-10-16-41(39)43/h4-16,24-25,43,47-48,50,52-53,61-63,82,87-89,96H,3,17-23,26-34H2,1-2H3,(H,72,83)(H,73,84)(H,74,90)(H,75,91)(H,76,85)(H,77,86)(H,79,94)(H,80,95)/t47-,48-,50-,52-,53+,61-,62+,63+,70-/m0/s1. The van der Waals surface area contributed by atoms with Crippen LogP contribution in [-0.4, -0.2) is 191 Å². The number of fused-ring (bicyclic) bond motifs is 8. The van der Waals surface area contributed by atoms with Crippen molar-refractivity contribution in [3.05, 3.63) is 157 Å². The molecular formula is C70H77FN10O20. The van der Waals surface area contributed by atoms with Crippen LogP contribution < -0.4 is 48.1 Å². The lowest BCUT2D eigenvalue weighted by Gasteiger charge is -2.40. The van der Waals surface area contributed by atoms with Crippen LogP contribution in [0.5, 0.6) is 0 Å². The number of pyridine rings is 2. The molecule has 6 aromatic rings. The molecule has 534 valence electrons. The fourth-order valence-corrected chi connectivity index (χ4v) is 13.4. The molecule has 5 heterocycles. The van der Waals surface area contributed by atoms with Gasteiger partial charge in [0.25, 0.3) is 5.56 Å². The molecule has 30 nitrogen and oxygen atoms in total. The second-order valence-corrected chi connectivity index (χ2v) is 25.1. The zero-order chi connectivity index (χ0) is 71.8. The van der Waals surface area contributed by atoms with E-state index in [0.717, 1.165) is 22.3 Å². The summed E-state index contributed by atoms with van der Waals surface area (Å²) in [6.45, 7) is -1.06. The van der Waals surface area contributed by atoms with E-state index in [-0.39, 0.29) is 88.1 Å². The van der Waals surface area contributed by atoms with Gasteiger partial charge >= 0.3 is 18.2 Å². The van der Waals surface area contributed by atoms with Gasteiger partial charge in [0, 0.05) is 47.9 Å².